The Kier molecular flexibility index (Phi) is 2.77. The Hall–Kier alpha value is -0.480. The Morgan fingerprint density at radius 1 is 1.90 bits per heavy atom. The van der Waals surface area contributed by atoms with Gasteiger partial charge in [-0.3, -0.25) is 0 Å². The number of hydrogen-bond donors (Lipinski definition) is 2. The summed E-state index contributed by atoms with van der Waals surface area (Å²) < 4.78 is 0. The Morgan fingerprint density at radius 2 is 2.70 bits per heavy atom. The lowest BCUT2D eigenvalue weighted by Crippen LogP contribution is -2.17. The summed E-state index contributed by atoms with van der Waals surface area (Å²) in [5, 5.41) is 0.942. The molecule has 1 rings (SSSR count). The quantitative estimate of drug-likeness (QED) is 0.639. The third-order valence-corrected chi connectivity index (χ3v) is 2.15. The molecule has 0 aliphatic carbocycles. The molecule has 1 atom stereocenters. The molecular weight excluding hydrogens is 146 g/mol. The fraction of sp³-hybridized carbons (Fsp3) is 0.500. The third kappa shape index (κ3) is 2.41. The van der Waals surface area contributed by atoms with Gasteiger partial charge >= 0.3 is 0 Å². The molecule has 0 radical (unpaired) electrons. The molecule has 0 aliphatic rings. The first-order chi connectivity index (χ1) is 4.79. The lowest BCUT2D eigenvalue weighted by Gasteiger charge is -2.00. The van der Waals surface area contributed by atoms with Gasteiger partial charge in [0, 0.05) is 24.2 Å². The van der Waals surface area contributed by atoms with Crippen LogP contribution in [-0.2, 0) is 0 Å². The molecule has 10 heavy (non-hydrogen) atoms. The van der Waals surface area contributed by atoms with Crippen molar-refractivity contribution in [3.8, 4) is 0 Å². The molecule has 0 aromatic carbocycles. The topological polar surface area (TPSA) is 54.7 Å². The number of H-pyrrole nitrogens is 1. The molecule has 0 saturated heterocycles. The highest BCUT2D eigenvalue weighted by molar-refractivity contribution is 7.99. The van der Waals surface area contributed by atoms with Gasteiger partial charge in [-0.15, -0.1) is 0 Å². The first kappa shape index (κ1) is 7.63. The van der Waals surface area contributed by atoms with Gasteiger partial charge in [0.25, 0.3) is 0 Å². The molecule has 0 amide bonds. The number of nitrogens with one attached hydrogen (secondary N) is 1. The fourth-order valence-electron chi connectivity index (χ4n) is 0.540. The summed E-state index contributed by atoms with van der Waals surface area (Å²) in [4.78, 5) is 7.03. The van der Waals surface area contributed by atoms with E-state index >= 15 is 0 Å². The minimum atomic E-state index is 0.232. The van der Waals surface area contributed by atoms with E-state index in [9.17, 15) is 0 Å². The minimum Gasteiger partial charge on any atom is -0.340 e. The summed E-state index contributed by atoms with van der Waals surface area (Å²) >= 11 is 1.64. The largest absolute Gasteiger partial charge is 0.340 e. The number of hydrogen-bond acceptors (Lipinski definition) is 3. The second kappa shape index (κ2) is 3.63. The zero-order valence-electron chi connectivity index (χ0n) is 5.87. The van der Waals surface area contributed by atoms with Gasteiger partial charge < -0.3 is 10.7 Å². The van der Waals surface area contributed by atoms with Crippen LogP contribution in [-0.4, -0.2) is 21.8 Å². The average molecular weight is 157 g/mol. The third-order valence-electron chi connectivity index (χ3n) is 0.956. The highest BCUT2D eigenvalue weighted by Gasteiger charge is 1.97. The first-order valence-corrected chi connectivity index (χ1v) is 4.15. The summed E-state index contributed by atoms with van der Waals surface area (Å²) in [5.41, 5.74) is 5.55. The summed E-state index contributed by atoms with van der Waals surface area (Å²) in [7, 11) is 0. The summed E-state index contributed by atoms with van der Waals surface area (Å²) in [6.07, 6.45) is 3.55. The van der Waals surface area contributed by atoms with E-state index in [-0.39, 0.29) is 6.04 Å². The number of nitrogens with zero attached hydrogens (tertiary/aromatic N) is 1. The van der Waals surface area contributed by atoms with Crippen LogP contribution in [0.1, 0.15) is 6.92 Å². The van der Waals surface area contributed by atoms with Crippen LogP contribution in [0.2, 0.25) is 0 Å². The molecule has 1 aromatic rings. The molecule has 0 fully saturated rings. The predicted molar refractivity (Wildman–Crippen MR) is 43.0 cm³/mol. The van der Waals surface area contributed by atoms with E-state index in [1.807, 2.05) is 13.1 Å². The van der Waals surface area contributed by atoms with E-state index in [1.54, 1.807) is 18.0 Å². The molecule has 56 valence electrons. The van der Waals surface area contributed by atoms with E-state index in [2.05, 4.69) is 9.97 Å². The van der Waals surface area contributed by atoms with Crippen LogP contribution in [0, 0.1) is 0 Å². The highest BCUT2D eigenvalue weighted by atomic mass is 32.2. The number of aromatic amines is 1. The van der Waals surface area contributed by atoms with Crippen LogP contribution in [0.5, 0.6) is 0 Å². The monoisotopic (exact) mass is 157 g/mol. The van der Waals surface area contributed by atoms with Crippen LogP contribution in [0.4, 0.5) is 0 Å². The molecule has 4 heteroatoms. The molecule has 1 aromatic heterocycles. The second-order valence-corrected chi connectivity index (χ2v) is 3.19. The van der Waals surface area contributed by atoms with Gasteiger partial charge in [-0.25, -0.2) is 4.98 Å². The highest BCUT2D eigenvalue weighted by Crippen LogP contribution is 2.11. The van der Waals surface area contributed by atoms with Crippen LogP contribution in [0.15, 0.2) is 17.6 Å². The van der Waals surface area contributed by atoms with Crippen LogP contribution >= 0.6 is 11.8 Å². The second-order valence-electron chi connectivity index (χ2n) is 2.18. The van der Waals surface area contributed by atoms with Crippen molar-refractivity contribution in [2.45, 2.75) is 18.1 Å². The predicted octanol–water partition coefficient (Wildman–Crippen LogP) is 0.849. The van der Waals surface area contributed by atoms with Crippen molar-refractivity contribution in [2.75, 3.05) is 5.75 Å². The maximum Gasteiger partial charge on any atom is 0.165 e. The van der Waals surface area contributed by atoms with Crippen molar-refractivity contribution in [1.29, 1.82) is 0 Å². The van der Waals surface area contributed by atoms with Gasteiger partial charge in [-0.1, -0.05) is 11.8 Å². The molecule has 0 bridgehead atoms. The molecule has 1 heterocycles. The first-order valence-electron chi connectivity index (χ1n) is 3.17. The molecule has 0 saturated carbocycles. The number of aromatic nitrogens is 2. The zero-order valence-corrected chi connectivity index (χ0v) is 6.69. The SMILES string of the molecule is CC(N)CSc1ncc[nH]1. The van der Waals surface area contributed by atoms with Gasteiger partial charge in [0.15, 0.2) is 5.16 Å². The van der Waals surface area contributed by atoms with E-state index in [4.69, 9.17) is 5.73 Å². The summed E-state index contributed by atoms with van der Waals surface area (Å²) in [6, 6.07) is 0.232. The average Bonchev–Trinajstić information content (AvgIpc) is 2.34. The van der Waals surface area contributed by atoms with Crippen molar-refractivity contribution in [3.05, 3.63) is 12.4 Å². The Bertz CT molecular complexity index is 171. The van der Waals surface area contributed by atoms with Gasteiger partial charge in [-0.05, 0) is 6.92 Å². The standard InChI is InChI=1S/C6H11N3S/c1-5(7)4-10-6-8-2-3-9-6/h2-3,5H,4,7H2,1H3,(H,8,9). The van der Waals surface area contributed by atoms with E-state index in [0.717, 1.165) is 10.9 Å². The van der Waals surface area contributed by atoms with Gasteiger partial charge in [0.05, 0.1) is 0 Å². The summed E-state index contributed by atoms with van der Waals surface area (Å²) in [6.45, 7) is 1.98. The van der Waals surface area contributed by atoms with E-state index < -0.39 is 0 Å². The van der Waals surface area contributed by atoms with Crippen molar-refractivity contribution in [1.82, 2.24) is 9.97 Å². The smallest absolute Gasteiger partial charge is 0.165 e. The molecule has 3 nitrogen and oxygen atoms in total. The summed E-state index contributed by atoms with van der Waals surface area (Å²) in [5.74, 6) is 0.910. The Labute approximate surface area is 64.4 Å². The Balaban J connectivity index is 2.28. The van der Waals surface area contributed by atoms with E-state index in [0.29, 0.717) is 0 Å². The maximum absolute atomic E-state index is 5.55. The lowest BCUT2D eigenvalue weighted by atomic mass is 10.4. The van der Waals surface area contributed by atoms with Crippen molar-refractivity contribution < 1.29 is 0 Å². The van der Waals surface area contributed by atoms with Crippen molar-refractivity contribution in [2.24, 2.45) is 5.73 Å². The number of imidazole rings is 1. The number of rotatable bonds is 3. The van der Waals surface area contributed by atoms with Crippen LogP contribution in [0.3, 0.4) is 0 Å². The van der Waals surface area contributed by atoms with Crippen molar-refractivity contribution >= 4 is 11.8 Å². The van der Waals surface area contributed by atoms with Gasteiger partial charge in [-0.2, -0.15) is 0 Å². The number of thioether (sulfide) groups is 1. The van der Waals surface area contributed by atoms with Gasteiger partial charge in [0.1, 0.15) is 0 Å². The molecular formula is C6H11N3S. The van der Waals surface area contributed by atoms with Crippen LogP contribution < -0.4 is 5.73 Å². The van der Waals surface area contributed by atoms with Crippen LogP contribution in [0.25, 0.3) is 0 Å². The fourth-order valence-corrected chi connectivity index (χ4v) is 1.25. The lowest BCUT2D eigenvalue weighted by molar-refractivity contribution is 0.844. The van der Waals surface area contributed by atoms with Crippen molar-refractivity contribution in [3.63, 3.8) is 0 Å². The number of nitrogens with two attached hydrogens (primary N) is 1. The Morgan fingerprint density at radius 3 is 3.20 bits per heavy atom. The maximum atomic E-state index is 5.55. The zero-order chi connectivity index (χ0) is 7.40. The minimum absolute atomic E-state index is 0.232. The molecule has 1 unspecified atom stereocenters. The van der Waals surface area contributed by atoms with Gasteiger partial charge in [0.2, 0.25) is 0 Å². The normalized spacial score (nSPS) is 13.4. The van der Waals surface area contributed by atoms with E-state index in [1.165, 1.54) is 0 Å². The molecule has 0 spiro atoms. The molecule has 0 aliphatic heterocycles. The molecule has 3 N–H and O–H groups in total.